The summed E-state index contributed by atoms with van der Waals surface area (Å²) in [5, 5.41) is 3.43. The minimum atomic E-state index is -0.369. The van der Waals surface area contributed by atoms with Gasteiger partial charge in [0.15, 0.2) is 0 Å². The van der Waals surface area contributed by atoms with Crippen LogP contribution >= 0.6 is 11.6 Å². The first kappa shape index (κ1) is 17.7. The lowest BCUT2D eigenvalue weighted by atomic mass is 10.0. The zero-order valence-corrected chi connectivity index (χ0v) is 14.8. The molecule has 2 aromatic rings. The van der Waals surface area contributed by atoms with Crippen molar-refractivity contribution in [3.8, 4) is 5.75 Å². The van der Waals surface area contributed by atoms with Crippen molar-refractivity contribution in [2.45, 2.75) is 6.04 Å². The lowest BCUT2D eigenvalue weighted by Gasteiger charge is -2.33. The largest absolute Gasteiger partial charge is 0.495 e. The van der Waals surface area contributed by atoms with E-state index in [2.05, 4.69) is 10.2 Å². The second kappa shape index (κ2) is 8.34. The lowest BCUT2D eigenvalue weighted by molar-refractivity contribution is -0.123. The number of morpholine rings is 1. The number of halogens is 1. The molecular weight excluding hydrogens is 340 g/mol. The highest BCUT2D eigenvalue weighted by Gasteiger charge is 2.29. The number of hydrogen-bond donors (Lipinski definition) is 1. The number of methoxy groups -OCH3 is 1. The molecule has 0 aromatic heterocycles. The molecule has 1 aliphatic heterocycles. The molecule has 1 amide bonds. The van der Waals surface area contributed by atoms with Crippen molar-refractivity contribution in [3.63, 3.8) is 0 Å². The summed E-state index contributed by atoms with van der Waals surface area (Å²) in [6.45, 7) is 2.70. The van der Waals surface area contributed by atoms with Crippen LogP contribution < -0.4 is 10.1 Å². The van der Waals surface area contributed by atoms with E-state index in [1.54, 1.807) is 25.3 Å². The fourth-order valence-corrected chi connectivity index (χ4v) is 3.21. The molecule has 132 valence electrons. The Bertz CT molecular complexity index is 718. The van der Waals surface area contributed by atoms with E-state index in [0.717, 1.165) is 18.7 Å². The molecule has 5 nitrogen and oxygen atoms in total. The summed E-state index contributed by atoms with van der Waals surface area (Å²) in [5.74, 6) is 0.488. The highest BCUT2D eigenvalue weighted by Crippen LogP contribution is 2.29. The standard InChI is InChI=1S/C19H21ClN2O3/c1-24-17-8-7-15(13-16(17)20)21-19(23)18(14-5-3-2-4-6-14)22-9-11-25-12-10-22/h2-8,13,18H,9-12H2,1H3,(H,21,23). The SMILES string of the molecule is COc1ccc(NC(=O)C(c2ccccc2)N2CCOCC2)cc1Cl. The van der Waals surface area contributed by atoms with Crippen LogP contribution in [-0.4, -0.2) is 44.2 Å². The number of benzene rings is 2. The topological polar surface area (TPSA) is 50.8 Å². The van der Waals surface area contributed by atoms with Crippen LogP contribution in [-0.2, 0) is 9.53 Å². The van der Waals surface area contributed by atoms with Gasteiger partial charge >= 0.3 is 0 Å². The number of nitrogens with zero attached hydrogens (tertiary/aromatic N) is 1. The Balaban J connectivity index is 1.82. The van der Waals surface area contributed by atoms with E-state index in [4.69, 9.17) is 21.1 Å². The third kappa shape index (κ3) is 4.31. The average Bonchev–Trinajstić information content (AvgIpc) is 2.64. The Morgan fingerprint density at radius 3 is 2.56 bits per heavy atom. The van der Waals surface area contributed by atoms with Gasteiger partial charge in [-0.3, -0.25) is 9.69 Å². The number of carbonyl (C=O) groups excluding carboxylic acids is 1. The molecule has 6 heteroatoms. The lowest BCUT2D eigenvalue weighted by Crippen LogP contribution is -2.43. The fraction of sp³-hybridized carbons (Fsp3) is 0.316. The zero-order chi connectivity index (χ0) is 17.6. The van der Waals surface area contributed by atoms with Gasteiger partial charge in [-0.1, -0.05) is 41.9 Å². The third-order valence-corrected chi connectivity index (χ3v) is 4.49. The van der Waals surface area contributed by atoms with Crippen molar-refractivity contribution in [2.75, 3.05) is 38.7 Å². The van der Waals surface area contributed by atoms with Crippen LogP contribution in [0.1, 0.15) is 11.6 Å². The molecule has 0 aliphatic carbocycles. The Morgan fingerprint density at radius 1 is 1.20 bits per heavy atom. The van der Waals surface area contributed by atoms with Gasteiger partial charge in [-0.15, -0.1) is 0 Å². The van der Waals surface area contributed by atoms with Gasteiger partial charge in [-0.2, -0.15) is 0 Å². The Hall–Kier alpha value is -2.08. The Morgan fingerprint density at radius 2 is 1.92 bits per heavy atom. The van der Waals surface area contributed by atoms with E-state index in [9.17, 15) is 4.79 Å². The molecule has 1 atom stereocenters. The smallest absolute Gasteiger partial charge is 0.246 e. The monoisotopic (exact) mass is 360 g/mol. The summed E-state index contributed by atoms with van der Waals surface area (Å²) in [4.78, 5) is 15.1. The molecule has 25 heavy (non-hydrogen) atoms. The number of ether oxygens (including phenoxy) is 2. The first-order valence-electron chi connectivity index (χ1n) is 8.20. The van der Waals surface area contributed by atoms with Crippen molar-refractivity contribution in [1.29, 1.82) is 0 Å². The highest BCUT2D eigenvalue weighted by atomic mass is 35.5. The molecular formula is C19H21ClN2O3. The number of nitrogens with one attached hydrogen (secondary N) is 1. The summed E-state index contributed by atoms with van der Waals surface area (Å²) in [6.07, 6.45) is 0. The van der Waals surface area contributed by atoms with Gasteiger partial charge in [0, 0.05) is 18.8 Å². The quantitative estimate of drug-likeness (QED) is 0.888. The number of carbonyl (C=O) groups is 1. The van der Waals surface area contributed by atoms with Crippen LogP contribution in [0.15, 0.2) is 48.5 Å². The minimum absolute atomic E-state index is 0.0886. The molecule has 0 spiro atoms. The van der Waals surface area contributed by atoms with Crippen molar-refractivity contribution < 1.29 is 14.3 Å². The third-order valence-electron chi connectivity index (χ3n) is 4.19. The van der Waals surface area contributed by atoms with Crippen molar-refractivity contribution >= 4 is 23.2 Å². The van der Waals surface area contributed by atoms with Gasteiger partial charge in [0.05, 0.1) is 25.3 Å². The molecule has 0 radical (unpaired) electrons. The summed E-state index contributed by atoms with van der Waals surface area (Å²) in [7, 11) is 1.56. The second-order valence-electron chi connectivity index (χ2n) is 5.80. The molecule has 3 rings (SSSR count). The van der Waals surface area contributed by atoms with E-state index in [1.165, 1.54) is 0 Å². The predicted octanol–water partition coefficient (Wildman–Crippen LogP) is 3.36. The summed E-state index contributed by atoms with van der Waals surface area (Å²) >= 11 is 6.15. The van der Waals surface area contributed by atoms with Gasteiger partial charge in [0.1, 0.15) is 11.8 Å². The minimum Gasteiger partial charge on any atom is -0.495 e. The zero-order valence-electron chi connectivity index (χ0n) is 14.1. The van der Waals surface area contributed by atoms with Gasteiger partial charge in [0.25, 0.3) is 0 Å². The van der Waals surface area contributed by atoms with Gasteiger partial charge in [-0.25, -0.2) is 0 Å². The van der Waals surface area contributed by atoms with E-state index in [1.807, 2.05) is 30.3 Å². The average molecular weight is 361 g/mol. The Labute approximate surface area is 152 Å². The van der Waals surface area contributed by atoms with Crippen LogP contribution in [0.2, 0.25) is 5.02 Å². The van der Waals surface area contributed by atoms with Gasteiger partial charge in [-0.05, 0) is 23.8 Å². The van der Waals surface area contributed by atoms with E-state index in [0.29, 0.717) is 29.7 Å². The normalized spacial score (nSPS) is 16.2. The van der Waals surface area contributed by atoms with Crippen LogP contribution in [0, 0.1) is 0 Å². The summed E-state index contributed by atoms with van der Waals surface area (Å²) in [5.41, 5.74) is 1.60. The predicted molar refractivity (Wildman–Crippen MR) is 98.2 cm³/mol. The first-order valence-corrected chi connectivity index (χ1v) is 8.58. The number of rotatable bonds is 5. The van der Waals surface area contributed by atoms with Gasteiger partial charge in [0.2, 0.25) is 5.91 Å². The molecule has 2 aromatic carbocycles. The van der Waals surface area contributed by atoms with Crippen molar-refractivity contribution in [1.82, 2.24) is 4.90 Å². The number of amides is 1. The Kier molecular flexibility index (Phi) is 5.91. The molecule has 0 bridgehead atoms. The molecule has 1 heterocycles. The van der Waals surface area contributed by atoms with E-state index >= 15 is 0 Å². The molecule has 1 saturated heterocycles. The van der Waals surface area contributed by atoms with Crippen LogP contribution in [0.4, 0.5) is 5.69 Å². The number of hydrogen-bond acceptors (Lipinski definition) is 4. The maximum Gasteiger partial charge on any atom is 0.246 e. The second-order valence-corrected chi connectivity index (χ2v) is 6.21. The molecule has 1 N–H and O–H groups in total. The van der Waals surface area contributed by atoms with Crippen molar-refractivity contribution in [2.24, 2.45) is 0 Å². The molecule has 1 unspecified atom stereocenters. The van der Waals surface area contributed by atoms with E-state index in [-0.39, 0.29) is 11.9 Å². The maximum atomic E-state index is 13.0. The van der Waals surface area contributed by atoms with Crippen LogP contribution in [0.3, 0.4) is 0 Å². The fourth-order valence-electron chi connectivity index (χ4n) is 2.95. The summed E-state index contributed by atoms with van der Waals surface area (Å²) < 4.78 is 10.6. The van der Waals surface area contributed by atoms with E-state index < -0.39 is 0 Å². The van der Waals surface area contributed by atoms with Crippen LogP contribution in [0.5, 0.6) is 5.75 Å². The molecule has 1 aliphatic rings. The summed E-state index contributed by atoms with van der Waals surface area (Å²) in [6, 6.07) is 14.6. The highest BCUT2D eigenvalue weighted by molar-refractivity contribution is 6.32. The molecule has 0 saturated carbocycles. The first-order chi connectivity index (χ1) is 12.2. The van der Waals surface area contributed by atoms with Crippen LogP contribution in [0.25, 0.3) is 0 Å². The van der Waals surface area contributed by atoms with Gasteiger partial charge < -0.3 is 14.8 Å². The van der Waals surface area contributed by atoms with Crippen molar-refractivity contribution in [3.05, 3.63) is 59.1 Å². The maximum absolute atomic E-state index is 13.0. The number of anilines is 1. The molecule has 1 fully saturated rings.